The number of hydrogen-bond acceptors (Lipinski definition) is 11. The molecule has 6 bridgehead atoms. The number of urea groups is 1. The summed E-state index contributed by atoms with van der Waals surface area (Å²) in [5.41, 5.74) is 9.41. The zero-order valence-electron chi connectivity index (χ0n) is 39.3. The zero-order chi connectivity index (χ0) is 46.0. The van der Waals surface area contributed by atoms with Crippen LogP contribution in [-0.4, -0.2) is 137 Å². The molecule has 1 aromatic carbocycles. The highest BCUT2D eigenvalue weighted by atomic mass is 32.1. The number of esters is 1. The van der Waals surface area contributed by atoms with E-state index in [-0.39, 0.29) is 43.0 Å². The molecule has 3 aromatic heterocycles. The number of nitrogens with zero attached hydrogens (tertiary/aromatic N) is 7. The standard InChI is InChI=1S/C48H67N9O6S/c1-11-56-39-19-18-31-23-34(39)35(43(56)33-16-12-20-49-41(33)30(4)62-10)25-48(5,6)28-63-46(60)36-17-14-22-57(52-36)45(59)37(24-40-50-38(31)27-64-40)51-44(58)42(29(2)3)54(9)47(61)55-21-13-15-32(26-55)53(7)8/h12,16,18-20,23,27,29-30,32,36-37,42,52H,11,13-15,17,21-22,24-26,28H2,1-10H3,(H,51,58)/t30-,32-,36-,37-,42?/m0/s1. The molecule has 64 heavy (non-hydrogen) atoms. The van der Waals surface area contributed by atoms with Crippen LogP contribution in [-0.2, 0) is 43.2 Å². The van der Waals surface area contributed by atoms with Crippen molar-refractivity contribution < 1.29 is 28.7 Å². The molecule has 0 radical (unpaired) electrons. The Labute approximate surface area is 381 Å². The molecular weight excluding hydrogens is 831 g/mol. The summed E-state index contributed by atoms with van der Waals surface area (Å²) in [6, 6.07) is 7.85. The van der Waals surface area contributed by atoms with Crippen molar-refractivity contribution in [3.8, 4) is 22.5 Å². The van der Waals surface area contributed by atoms with E-state index in [9.17, 15) is 19.2 Å². The average molecular weight is 898 g/mol. The number of aryl methyl sites for hydroxylation is 1. The molecule has 0 aliphatic carbocycles. The van der Waals surface area contributed by atoms with Crippen LogP contribution in [0.5, 0.6) is 0 Å². The number of ether oxygens (including phenoxy) is 2. The Morgan fingerprint density at radius 1 is 1.09 bits per heavy atom. The summed E-state index contributed by atoms with van der Waals surface area (Å²) in [6.45, 7) is 14.6. The monoisotopic (exact) mass is 897 g/mol. The Hall–Kier alpha value is -4.90. The fourth-order valence-corrected chi connectivity index (χ4v) is 10.5. The number of nitrogens with one attached hydrogen (secondary N) is 2. The third-order valence-electron chi connectivity index (χ3n) is 13.2. The smallest absolute Gasteiger partial charge is 0.324 e. The molecule has 4 amide bonds. The van der Waals surface area contributed by atoms with E-state index < -0.39 is 35.4 Å². The molecule has 1 unspecified atom stereocenters. The first-order valence-electron chi connectivity index (χ1n) is 22.8. The van der Waals surface area contributed by atoms with Gasteiger partial charge in [0.1, 0.15) is 18.1 Å². The Morgan fingerprint density at radius 2 is 1.86 bits per heavy atom. The summed E-state index contributed by atoms with van der Waals surface area (Å²) in [7, 11) is 7.41. The molecule has 4 aromatic rings. The molecule has 16 heteroatoms. The molecule has 7 rings (SSSR count). The maximum atomic E-state index is 14.6. The van der Waals surface area contributed by atoms with Crippen LogP contribution in [0.25, 0.3) is 33.4 Å². The number of methoxy groups -OCH3 is 1. The van der Waals surface area contributed by atoms with Gasteiger partial charge >= 0.3 is 12.0 Å². The number of carbonyl (C=O) groups is 4. The van der Waals surface area contributed by atoms with Crippen molar-refractivity contribution in [2.75, 3.05) is 54.5 Å². The van der Waals surface area contributed by atoms with Crippen LogP contribution in [0, 0.1) is 11.3 Å². The van der Waals surface area contributed by atoms with Gasteiger partial charge in [0.2, 0.25) is 5.91 Å². The summed E-state index contributed by atoms with van der Waals surface area (Å²) < 4.78 is 14.3. The van der Waals surface area contributed by atoms with Gasteiger partial charge in [-0.25, -0.2) is 15.2 Å². The molecule has 2 N–H and O–H groups in total. The molecule has 0 spiro atoms. The number of benzene rings is 1. The third-order valence-corrected chi connectivity index (χ3v) is 14.0. The van der Waals surface area contributed by atoms with Gasteiger partial charge in [-0.1, -0.05) is 33.8 Å². The van der Waals surface area contributed by atoms with Gasteiger partial charge in [0, 0.05) is 91.8 Å². The Morgan fingerprint density at radius 3 is 2.58 bits per heavy atom. The van der Waals surface area contributed by atoms with Crippen molar-refractivity contribution >= 4 is 46.1 Å². The van der Waals surface area contributed by atoms with Crippen molar-refractivity contribution in [3.05, 3.63) is 58.2 Å². The summed E-state index contributed by atoms with van der Waals surface area (Å²) >= 11 is 1.43. The van der Waals surface area contributed by atoms with Crippen LogP contribution < -0.4 is 10.7 Å². The predicted molar refractivity (Wildman–Crippen MR) is 249 cm³/mol. The lowest BCUT2D eigenvalue weighted by Crippen LogP contribution is -2.62. The first-order chi connectivity index (χ1) is 30.5. The minimum absolute atomic E-state index is 0.112. The summed E-state index contributed by atoms with van der Waals surface area (Å²) in [6.07, 6.45) is 5.19. The second kappa shape index (κ2) is 19.7. The highest BCUT2D eigenvalue weighted by Gasteiger charge is 2.39. The Kier molecular flexibility index (Phi) is 14.5. The largest absolute Gasteiger partial charge is 0.464 e. The molecule has 346 valence electrons. The van der Waals surface area contributed by atoms with Crippen LogP contribution >= 0.6 is 11.3 Å². The third kappa shape index (κ3) is 9.85. The number of carbonyl (C=O) groups excluding carboxylic acids is 4. The van der Waals surface area contributed by atoms with Crippen LogP contribution in [0.1, 0.15) is 89.6 Å². The number of aromatic nitrogens is 3. The highest BCUT2D eigenvalue weighted by Crippen LogP contribution is 2.42. The van der Waals surface area contributed by atoms with Crippen molar-refractivity contribution in [1.29, 1.82) is 0 Å². The number of likely N-dealkylation sites (N-methyl/N-ethyl adjacent to an activating group) is 2. The number of cyclic esters (lactones) is 1. The van der Waals surface area contributed by atoms with E-state index in [1.807, 2.05) is 51.2 Å². The van der Waals surface area contributed by atoms with E-state index in [1.165, 1.54) is 21.2 Å². The van der Waals surface area contributed by atoms with Crippen molar-refractivity contribution in [2.45, 2.75) is 117 Å². The van der Waals surface area contributed by atoms with Gasteiger partial charge in [-0.05, 0) is 95.8 Å². The summed E-state index contributed by atoms with van der Waals surface area (Å²) in [5.74, 6) is -1.50. The number of rotatable bonds is 9. The molecule has 15 nitrogen and oxygen atoms in total. The number of piperidine rings is 1. The van der Waals surface area contributed by atoms with E-state index in [2.05, 4.69) is 65.2 Å². The Balaban J connectivity index is 1.27. The Bertz CT molecular complexity index is 2340. The minimum Gasteiger partial charge on any atom is -0.464 e. The zero-order valence-corrected chi connectivity index (χ0v) is 40.1. The van der Waals surface area contributed by atoms with Crippen molar-refractivity contribution in [1.82, 2.24) is 45.0 Å². The molecule has 5 atom stereocenters. The maximum absolute atomic E-state index is 14.6. The van der Waals surface area contributed by atoms with E-state index in [4.69, 9.17) is 19.4 Å². The second-order valence-electron chi connectivity index (χ2n) is 19.1. The number of hydrogen-bond donors (Lipinski definition) is 2. The molecule has 0 saturated carbocycles. The molecule has 6 heterocycles. The lowest BCUT2D eigenvalue weighted by Gasteiger charge is -2.40. The summed E-state index contributed by atoms with van der Waals surface area (Å²) in [4.78, 5) is 72.4. The van der Waals surface area contributed by atoms with Crippen molar-refractivity contribution in [3.63, 3.8) is 0 Å². The van der Waals surface area contributed by atoms with E-state index >= 15 is 0 Å². The normalized spacial score (nSPS) is 21.7. The fraction of sp³-hybridized carbons (Fsp3) is 0.583. The number of hydrazine groups is 1. The maximum Gasteiger partial charge on any atom is 0.324 e. The minimum atomic E-state index is -1.04. The molecular formula is C48H67N9O6S. The second-order valence-corrected chi connectivity index (χ2v) is 20.0. The van der Waals surface area contributed by atoms with Crippen LogP contribution in [0.4, 0.5) is 4.79 Å². The first-order valence-corrected chi connectivity index (χ1v) is 23.7. The topological polar surface area (TPSA) is 154 Å². The molecule has 3 aliphatic rings. The van der Waals surface area contributed by atoms with E-state index in [0.717, 1.165) is 57.5 Å². The van der Waals surface area contributed by atoms with Gasteiger partial charge in [-0.15, -0.1) is 11.3 Å². The number of fused-ring (bicyclic) bond motifs is 6. The van der Waals surface area contributed by atoms with Crippen LogP contribution in [0.2, 0.25) is 0 Å². The SMILES string of the molecule is CCn1c(-c2cccnc2[C@H](C)OC)c2c3cc(ccc31)-c1csc(n1)C[C@H](NC(=O)C(C(C)C)N(C)C(=O)N1CCC[C@H](N(C)C)C1)C(=O)N1CCC[C@H](N1)C(=O)OCC(C)(C)C2. The molecule has 2 saturated heterocycles. The van der Waals surface area contributed by atoms with E-state index in [0.29, 0.717) is 50.4 Å². The number of likely N-dealkylation sites (tertiary alicyclic amines) is 1. The summed E-state index contributed by atoms with van der Waals surface area (Å²) in [5, 5.41) is 8.25. The van der Waals surface area contributed by atoms with Gasteiger partial charge in [0.05, 0.1) is 34.8 Å². The number of amides is 4. The van der Waals surface area contributed by atoms with Crippen LogP contribution in [0.15, 0.2) is 41.9 Å². The molecule has 3 aliphatic heterocycles. The quantitative estimate of drug-likeness (QED) is 0.183. The molecule has 2 fully saturated rings. The lowest BCUT2D eigenvalue weighted by molar-refractivity contribution is -0.155. The fourth-order valence-electron chi connectivity index (χ4n) is 9.64. The van der Waals surface area contributed by atoms with Gasteiger partial charge in [-0.3, -0.25) is 24.4 Å². The van der Waals surface area contributed by atoms with Gasteiger partial charge in [0.15, 0.2) is 0 Å². The van der Waals surface area contributed by atoms with Gasteiger partial charge in [0.25, 0.3) is 5.91 Å². The van der Waals surface area contributed by atoms with Crippen LogP contribution in [0.3, 0.4) is 0 Å². The average Bonchev–Trinajstić information content (AvgIpc) is 3.88. The number of thiazole rings is 1. The predicted octanol–water partition coefficient (Wildman–Crippen LogP) is 6.30. The number of pyridine rings is 1. The lowest BCUT2D eigenvalue weighted by atomic mass is 9.84. The first kappa shape index (κ1) is 47.1. The van der Waals surface area contributed by atoms with Gasteiger partial charge < -0.3 is 34.1 Å². The highest BCUT2D eigenvalue weighted by molar-refractivity contribution is 7.10. The van der Waals surface area contributed by atoms with E-state index in [1.54, 1.807) is 20.4 Å². The van der Waals surface area contributed by atoms with Crippen molar-refractivity contribution in [2.24, 2.45) is 11.3 Å². The van der Waals surface area contributed by atoms with Gasteiger partial charge in [-0.2, -0.15) is 0 Å².